The lowest BCUT2D eigenvalue weighted by Gasteiger charge is -2.31. The molecule has 1 aromatic carbocycles. The van der Waals surface area contributed by atoms with Crippen LogP contribution in [-0.4, -0.2) is 51.7 Å². The second-order valence-corrected chi connectivity index (χ2v) is 13.4. The number of nitrogens with zero attached hydrogens (tertiary/aromatic N) is 5. The van der Waals surface area contributed by atoms with E-state index in [1.165, 1.54) is 0 Å². The number of amides is 1. The van der Waals surface area contributed by atoms with Crippen molar-refractivity contribution in [2.75, 3.05) is 23.4 Å². The van der Waals surface area contributed by atoms with Gasteiger partial charge in [-0.2, -0.15) is 5.26 Å². The zero-order valence-electron chi connectivity index (χ0n) is 26.1. The van der Waals surface area contributed by atoms with E-state index in [2.05, 4.69) is 27.2 Å². The first-order chi connectivity index (χ1) is 21.9. The maximum atomic E-state index is 17.0. The number of hydrogen-bond acceptors (Lipinski definition) is 10. The zero-order valence-corrected chi connectivity index (χ0v) is 26.9. The molecule has 2 atom stereocenters. The number of rotatable bonds is 6. The molecule has 0 bridgehead atoms. The zero-order chi connectivity index (χ0) is 32.9. The number of carbonyl (C=O) groups is 1. The summed E-state index contributed by atoms with van der Waals surface area (Å²) in [6, 6.07) is 1.86. The molecule has 1 saturated heterocycles. The van der Waals surface area contributed by atoms with Crippen molar-refractivity contribution in [3.63, 3.8) is 0 Å². The summed E-state index contributed by atoms with van der Waals surface area (Å²) in [5, 5.41) is 21.9. The third-order valence-corrected chi connectivity index (χ3v) is 9.17. The average Bonchev–Trinajstić information content (AvgIpc) is 3.73. The number of hydrogen-bond donors (Lipinski definition) is 2. The van der Waals surface area contributed by atoms with Crippen molar-refractivity contribution in [1.82, 2.24) is 15.0 Å². The van der Waals surface area contributed by atoms with Gasteiger partial charge in [0, 0.05) is 28.5 Å². The van der Waals surface area contributed by atoms with E-state index < -0.39 is 23.3 Å². The molecule has 240 valence electrons. The average molecular weight is 650 g/mol. The van der Waals surface area contributed by atoms with E-state index in [1.54, 1.807) is 38.8 Å². The number of thiophene rings is 1. The van der Waals surface area contributed by atoms with Crippen LogP contribution in [0, 0.1) is 34.3 Å². The van der Waals surface area contributed by atoms with Crippen LogP contribution in [0.25, 0.3) is 32.2 Å². The highest BCUT2D eigenvalue weighted by atomic mass is 32.1. The molecule has 2 unspecified atom stereocenters. The highest BCUT2D eigenvalue weighted by molar-refractivity contribution is 7.23. The molecule has 14 heteroatoms. The van der Waals surface area contributed by atoms with E-state index >= 15 is 8.78 Å². The number of benzene rings is 1. The molecule has 5 heterocycles. The summed E-state index contributed by atoms with van der Waals surface area (Å²) in [6.45, 7) is 9.96. The minimum absolute atomic E-state index is 0.0124. The monoisotopic (exact) mass is 649 g/mol. The van der Waals surface area contributed by atoms with E-state index in [9.17, 15) is 10.1 Å². The predicted molar refractivity (Wildman–Crippen MR) is 170 cm³/mol. The Morgan fingerprint density at radius 1 is 1.22 bits per heavy atom. The summed E-state index contributed by atoms with van der Waals surface area (Å²) < 4.78 is 49.0. The van der Waals surface area contributed by atoms with Gasteiger partial charge in [-0.1, -0.05) is 13.3 Å². The summed E-state index contributed by atoms with van der Waals surface area (Å²) in [4.78, 5) is 27.8. The van der Waals surface area contributed by atoms with Crippen LogP contribution in [0.3, 0.4) is 0 Å². The second kappa shape index (κ2) is 12.1. The maximum Gasteiger partial charge on any atom is 0.412 e. The van der Waals surface area contributed by atoms with Crippen molar-refractivity contribution in [2.24, 2.45) is 5.92 Å². The lowest BCUT2D eigenvalue weighted by Crippen LogP contribution is -2.44. The first-order valence-corrected chi connectivity index (χ1v) is 15.8. The molecular formula is C32H33F2N7O4S. The van der Waals surface area contributed by atoms with Gasteiger partial charge in [0.15, 0.2) is 11.6 Å². The Labute approximate surface area is 268 Å². The number of fused-ring (bicyclic) bond motifs is 4. The van der Waals surface area contributed by atoms with E-state index in [-0.39, 0.29) is 74.4 Å². The summed E-state index contributed by atoms with van der Waals surface area (Å²) in [5.41, 5.74) is 0.303. The topological polar surface area (TPSA) is 146 Å². The number of nitriles is 1. The van der Waals surface area contributed by atoms with Crippen LogP contribution in [0.15, 0.2) is 12.4 Å². The third kappa shape index (κ3) is 5.52. The number of anilines is 2. The molecule has 6 rings (SSSR count). The fraction of sp³-hybridized carbons (Fsp3) is 0.438. The summed E-state index contributed by atoms with van der Waals surface area (Å²) in [6.07, 6.45) is 3.53. The highest BCUT2D eigenvalue weighted by Gasteiger charge is 2.36. The van der Waals surface area contributed by atoms with E-state index in [0.29, 0.717) is 29.7 Å². The van der Waals surface area contributed by atoms with E-state index in [4.69, 9.17) is 19.6 Å². The molecule has 0 aliphatic carbocycles. The van der Waals surface area contributed by atoms with Gasteiger partial charge in [0.05, 0.1) is 60.5 Å². The Morgan fingerprint density at radius 3 is 2.67 bits per heavy atom. The SMILES string of the molecule is CCCC1COCC1N(C(C)=N)c1ncc2c3c(c(-c4ncc(F)c5sc(NC(=O)OC(C)(C)C)c(C#N)c45)c(F)c2n1)COC3. The van der Waals surface area contributed by atoms with Crippen LogP contribution < -0.4 is 10.2 Å². The minimum atomic E-state index is -0.819. The van der Waals surface area contributed by atoms with Crippen LogP contribution in [0.2, 0.25) is 0 Å². The van der Waals surface area contributed by atoms with Gasteiger partial charge < -0.3 is 14.2 Å². The molecule has 0 saturated carbocycles. The smallest absolute Gasteiger partial charge is 0.412 e. The maximum absolute atomic E-state index is 17.0. The minimum Gasteiger partial charge on any atom is -0.444 e. The van der Waals surface area contributed by atoms with Gasteiger partial charge in [-0.25, -0.2) is 23.5 Å². The van der Waals surface area contributed by atoms with Crippen LogP contribution in [0.1, 0.15) is 64.2 Å². The molecule has 1 amide bonds. The predicted octanol–water partition coefficient (Wildman–Crippen LogP) is 7.05. The van der Waals surface area contributed by atoms with Crippen molar-refractivity contribution in [2.45, 2.75) is 72.3 Å². The molecule has 0 spiro atoms. The highest BCUT2D eigenvalue weighted by Crippen LogP contribution is 2.46. The number of nitrogens with one attached hydrogen (secondary N) is 2. The van der Waals surface area contributed by atoms with E-state index in [0.717, 1.165) is 30.4 Å². The number of ether oxygens (including phenoxy) is 3. The molecule has 3 aromatic heterocycles. The Balaban J connectivity index is 1.54. The van der Waals surface area contributed by atoms with Crippen LogP contribution in [0.5, 0.6) is 0 Å². The summed E-state index contributed by atoms with van der Waals surface area (Å²) in [5.74, 6) is -0.953. The fourth-order valence-electron chi connectivity index (χ4n) is 6.18. The van der Waals surface area contributed by atoms with Crippen molar-refractivity contribution < 1.29 is 27.8 Å². The normalized spacial score (nSPS) is 17.7. The van der Waals surface area contributed by atoms with Gasteiger partial charge in [-0.3, -0.25) is 20.6 Å². The Kier molecular flexibility index (Phi) is 8.34. The Bertz CT molecular complexity index is 1930. The first kappa shape index (κ1) is 31.7. The largest absolute Gasteiger partial charge is 0.444 e. The summed E-state index contributed by atoms with van der Waals surface area (Å²) >= 11 is 0.838. The van der Waals surface area contributed by atoms with Gasteiger partial charge in [-0.05, 0) is 45.2 Å². The van der Waals surface area contributed by atoms with Crippen molar-refractivity contribution in [3.05, 3.63) is 40.7 Å². The number of halogens is 2. The molecule has 46 heavy (non-hydrogen) atoms. The van der Waals surface area contributed by atoms with Gasteiger partial charge in [0.25, 0.3) is 0 Å². The Morgan fingerprint density at radius 2 is 1.98 bits per heavy atom. The lowest BCUT2D eigenvalue weighted by atomic mass is 9.94. The van der Waals surface area contributed by atoms with Crippen LogP contribution >= 0.6 is 11.3 Å². The molecular weight excluding hydrogens is 616 g/mol. The van der Waals surface area contributed by atoms with Crippen LogP contribution in [-0.2, 0) is 27.4 Å². The lowest BCUT2D eigenvalue weighted by molar-refractivity contribution is 0.0636. The standard InChI is InChI=1S/C32H33F2N7O4S/c1-6-7-16-11-43-14-22(16)41(15(2)36)30-38-9-18-19-12-44-13-20(19)23(25(34)26(18)39-30)27-24-17(8-35)29(40-31(42)45-32(3,4)5)46-28(24)21(33)10-37-27/h9-10,16,22,36H,6-7,11-14H2,1-5H3,(H,40,42). The molecule has 2 aliphatic heterocycles. The summed E-state index contributed by atoms with van der Waals surface area (Å²) in [7, 11) is 0. The van der Waals surface area contributed by atoms with Crippen molar-refractivity contribution in [3.8, 4) is 17.3 Å². The quantitative estimate of drug-likeness (QED) is 0.166. The molecule has 0 radical (unpaired) electrons. The molecule has 11 nitrogen and oxygen atoms in total. The molecule has 2 aliphatic rings. The Hall–Kier alpha value is -4.32. The van der Waals surface area contributed by atoms with E-state index in [1.807, 2.05) is 6.07 Å². The fourth-order valence-corrected chi connectivity index (χ4v) is 7.22. The number of amidine groups is 1. The molecule has 2 N–H and O–H groups in total. The number of aromatic nitrogens is 3. The second-order valence-electron chi connectivity index (χ2n) is 12.4. The van der Waals surface area contributed by atoms with Gasteiger partial charge in [0.2, 0.25) is 5.95 Å². The first-order valence-electron chi connectivity index (χ1n) is 14.9. The third-order valence-electron chi connectivity index (χ3n) is 8.05. The number of pyridine rings is 1. The number of carbonyl (C=O) groups excluding carboxylic acids is 1. The van der Waals surface area contributed by atoms with Crippen LogP contribution in [0.4, 0.5) is 24.5 Å². The van der Waals surface area contributed by atoms with Gasteiger partial charge in [-0.15, -0.1) is 11.3 Å². The van der Waals surface area contributed by atoms with Gasteiger partial charge >= 0.3 is 6.09 Å². The van der Waals surface area contributed by atoms with Crippen molar-refractivity contribution in [1.29, 1.82) is 10.7 Å². The molecule has 1 fully saturated rings. The van der Waals surface area contributed by atoms with Crippen molar-refractivity contribution >= 4 is 55.2 Å². The van der Waals surface area contributed by atoms with Gasteiger partial charge in [0.1, 0.15) is 22.2 Å². The molecule has 4 aromatic rings.